The summed E-state index contributed by atoms with van der Waals surface area (Å²) in [5.74, 6) is -0.321. The minimum absolute atomic E-state index is 0.321. The normalized spacial score (nSPS) is 12.3. The first kappa shape index (κ1) is 13.5. The van der Waals surface area contributed by atoms with Crippen molar-refractivity contribution in [1.82, 2.24) is 15.0 Å². The van der Waals surface area contributed by atoms with E-state index in [0.717, 1.165) is 5.69 Å². The molecule has 0 aliphatic rings. The van der Waals surface area contributed by atoms with Crippen molar-refractivity contribution in [2.75, 3.05) is 0 Å². The fraction of sp³-hybridized carbons (Fsp3) is 0.125. The molecule has 0 aliphatic heterocycles. The minimum Gasteiger partial charge on any atom is -0.382 e. The molecule has 4 nitrogen and oxygen atoms in total. The number of halogens is 1. The fourth-order valence-corrected chi connectivity index (χ4v) is 2.30. The van der Waals surface area contributed by atoms with E-state index in [1.165, 1.54) is 18.3 Å². The van der Waals surface area contributed by atoms with Gasteiger partial charge in [-0.1, -0.05) is 29.5 Å². The van der Waals surface area contributed by atoms with Crippen molar-refractivity contribution in [3.63, 3.8) is 0 Å². The van der Waals surface area contributed by atoms with Crippen LogP contribution in [0.4, 0.5) is 4.39 Å². The van der Waals surface area contributed by atoms with Crippen LogP contribution in [0.25, 0.3) is 5.69 Å². The summed E-state index contributed by atoms with van der Waals surface area (Å²) in [5, 5.41) is 18.5. The third-order valence-electron chi connectivity index (χ3n) is 3.38. The Morgan fingerprint density at radius 2 is 1.90 bits per heavy atom. The number of aryl methyl sites for hydroxylation is 1. The zero-order chi connectivity index (χ0) is 14.8. The van der Waals surface area contributed by atoms with Gasteiger partial charge in [-0.25, -0.2) is 9.07 Å². The SMILES string of the molecule is Cc1cc(F)ccc1C(O)c1cnnn1-c1ccccc1. The standard InChI is InChI=1S/C16H14FN3O/c1-11-9-12(17)7-8-14(11)16(21)15-10-18-19-20(15)13-5-3-2-4-6-13/h2-10,16,21H,1H3. The molecule has 0 bridgehead atoms. The molecule has 0 spiro atoms. The smallest absolute Gasteiger partial charge is 0.123 e. The van der Waals surface area contributed by atoms with Crippen LogP contribution in [0.3, 0.4) is 0 Å². The number of nitrogens with zero attached hydrogens (tertiary/aromatic N) is 3. The molecule has 1 unspecified atom stereocenters. The highest BCUT2D eigenvalue weighted by Gasteiger charge is 2.19. The predicted octanol–water partition coefficient (Wildman–Crippen LogP) is 2.80. The van der Waals surface area contributed by atoms with Crippen LogP contribution in [0.15, 0.2) is 54.7 Å². The highest BCUT2D eigenvalue weighted by Crippen LogP contribution is 2.26. The molecule has 0 aliphatic carbocycles. The van der Waals surface area contributed by atoms with Crippen molar-refractivity contribution >= 4 is 0 Å². The third-order valence-corrected chi connectivity index (χ3v) is 3.38. The topological polar surface area (TPSA) is 50.9 Å². The number of para-hydroxylation sites is 1. The molecular formula is C16H14FN3O. The van der Waals surface area contributed by atoms with Gasteiger partial charge in [-0.15, -0.1) is 5.10 Å². The van der Waals surface area contributed by atoms with E-state index in [1.807, 2.05) is 30.3 Å². The molecule has 1 heterocycles. The van der Waals surface area contributed by atoms with Crippen molar-refractivity contribution in [2.45, 2.75) is 13.0 Å². The molecule has 2 aromatic carbocycles. The molecule has 1 atom stereocenters. The summed E-state index contributed by atoms with van der Waals surface area (Å²) in [6.45, 7) is 1.76. The van der Waals surface area contributed by atoms with Crippen LogP contribution in [-0.2, 0) is 0 Å². The van der Waals surface area contributed by atoms with Gasteiger partial charge in [0.2, 0.25) is 0 Å². The Balaban J connectivity index is 2.03. The Morgan fingerprint density at radius 3 is 2.62 bits per heavy atom. The average molecular weight is 283 g/mol. The number of hydrogen-bond donors (Lipinski definition) is 1. The molecule has 106 valence electrons. The van der Waals surface area contributed by atoms with Gasteiger partial charge in [0.05, 0.1) is 17.6 Å². The number of aliphatic hydroxyl groups is 1. The van der Waals surface area contributed by atoms with E-state index in [2.05, 4.69) is 10.3 Å². The molecule has 3 rings (SSSR count). The van der Waals surface area contributed by atoms with Crippen molar-refractivity contribution in [3.8, 4) is 5.69 Å². The Kier molecular flexibility index (Phi) is 3.50. The third kappa shape index (κ3) is 2.55. The maximum atomic E-state index is 13.2. The Labute approximate surface area is 121 Å². The van der Waals surface area contributed by atoms with Crippen LogP contribution < -0.4 is 0 Å². The van der Waals surface area contributed by atoms with Crippen molar-refractivity contribution in [3.05, 3.63) is 77.4 Å². The molecule has 21 heavy (non-hydrogen) atoms. The van der Waals surface area contributed by atoms with Gasteiger partial charge in [0.25, 0.3) is 0 Å². The monoisotopic (exact) mass is 283 g/mol. The lowest BCUT2D eigenvalue weighted by atomic mass is 10.0. The van der Waals surface area contributed by atoms with E-state index < -0.39 is 6.10 Å². The number of aliphatic hydroxyl groups excluding tert-OH is 1. The van der Waals surface area contributed by atoms with E-state index in [0.29, 0.717) is 16.8 Å². The quantitative estimate of drug-likeness (QED) is 0.804. The molecule has 0 saturated heterocycles. The largest absolute Gasteiger partial charge is 0.382 e. The molecule has 0 saturated carbocycles. The van der Waals surface area contributed by atoms with Gasteiger partial charge >= 0.3 is 0 Å². The van der Waals surface area contributed by atoms with Crippen LogP contribution in [0.1, 0.15) is 22.9 Å². The number of benzene rings is 2. The first-order chi connectivity index (χ1) is 10.2. The van der Waals surface area contributed by atoms with Gasteiger partial charge in [-0.05, 0) is 42.3 Å². The maximum absolute atomic E-state index is 13.2. The lowest BCUT2D eigenvalue weighted by molar-refractivity contribution is 0.211. The second kappa shape index (κ2) is 5.46. The predicted molar refractivity (Wildman–Crippen MR) is 76.6 cm³/mol. The molecular weight excluding hydrogens is 269 g/mol. The zero-order valence-electron chi connectivity index (χ0n) is 11.4. The van der Waals surface area contributed by atoms with Crippen molar-refractivity contribution in [2.24, 2.45) is 0 Å². The molecule has 1 N–H and O–H groups in total. The molecule has 3 aromatic rings. The summed E-state index contributed by atoms with van der Waals surface area (Å²) in [7, 11) is 0. The Morgan fingerprint density at radius 1 is 1.14 bits per heavy atom. The summed E-state index contributed by atoms with van der Waals surface area (Å²) >= 11 is 0. The van der Waals surface area contributed by atoms with E-state index in [9.17, 15) is 9.50 Å². The molecule has 0 amide bonds. The van der Waals surface area contributed by atoms with Gasteiger partial charge in [-0.2, -0.15) is 0 Å². The molecule has 1 aromatic heterocycles. The fourth-order valence-electron chi connectivity index (χ4n) is 2.30. The van der Waals surface area contributed by atoms with Gasteiger partial charge in [0.15, 0.2) is 0 Å². The molecule has 0 fully saturated rings. The number of hydrogen-bond acceptors (Lipinski definition) is 3. The highest BCUT2D eigenvalue weighted by molar-refractivity contribution is 5.37. The summed E-state index contributed by atoms with van der Waals surface area (Å²) in [5.41, 5.74) is 2.67. The van der Waals surface area contributed by atoms with Gasteiger partial charge in [-0.3, -0.25) is 0 Å². The molecule has 0 radical (unpaired) electrons. The minimum atomic E-state index is -0.916. The first-order valence-electron chi connectivity index (χ1n) is 6.57. The van der Waals surface area contributed by atoms with Gasteiger partial charge in [0, 0.05) is 0 Å². The summed E-state index contributed by atoms with van der Waals surface area (Å²) in [6, 6.07) is 13.7. The van der Waals surface area contributed by atoms with Crippen molar-refractivity contribution in [1.29, 1.82) is 0 Å². The van der Waals surface area contributed by atoms with Crippen LogP contribution >= 0.6 is 0 Å². The van der Waals surface area contributed by atoms with E-state index in [1.54, 1.807) is 17.7 Å². The zero-order valence-corrected chi connectivity index (χ0v) is 11.4. The van der Waals surface area contributed by atoms with Gasteiger partial charge in [0.1, 0.15) is 11.9 Å². The van der Waals surface area contributed by atoms with Crippen molar-refractivity contribution < 1.29 is 9.50 Å². The lowest BCUT2D eigenvalue weighted by Gasteiger charge is -2.15. The van der Waals surface area contributed by atoms with E-state index >= 15 is 0 Å². The Bertz CT molecular complexity index is 755. The lowest BCUT2D eigenvalue weighted by Crippen LogP contribution is -2.09. The van der Waals surface area contributed by atoms with Crippen LogP contribution in [0, 0.1) is 12.7 Å². The van der Waals surface area contributed by atoms with Crippen LogP contribution in [0.2, 0.25) is 0 Å². The first-order valence-corrected chi connectivity index (χ1v) is 6.57. The maximum Gasteiger partial charge on any atom is 0.123 e. The second-order valence-electron chi connectivity index (χ2n) is 4.81. The second-order valence-corrected chi connectivity index (χ2v) is 4.81. The highest BCUT2D eigenvalue weighted by atomic mass is 19.1. The summed E-state index contributed by atoms with van der Waals surface area (Å²) in [6.07, 6.45) is 0.598. The van der Waals surface area contributed by atoms with Gasteiger partial charge < -0.3 is 5.11 Å². The van der Waals surface area contributed by atoms with E-state index in [4.69, 9.17) is 0 Å². The number of rotatable bonds is 3. The van der Waals surface area contributed by atoms with Crippen LogP contribution in [-0.4, -0.2) is 20.1 Å². The number of aromatic nitrogens is 3. The Hall–Kier alpha value is -2.53. The average Bonchev–Trinajstić information content (AvgIpc) is 2.97. The van der Waals surface area contributed by atoms with E-state index in [-0.39, 0.29) is 5.82 Å². The summed E-state index contributed by atoms with van der Waals surface area (Å²) < 4.78 is 14.8. The molecule has 5 heteroatoms. The van der Waals surface area contributed by atoms with Crippen LogP contribution in [0.5, 0.6) is 0 Å². The summed E-state index contributed by atoms with van der Waals surface area (Å²) in [4.78, 5) is 0.